The summed E-state index contributed by atoms with van der Waals surface area (Å²) in [5.41, 5.74) is 1.44. The Hall–Kier alpha value is -1.20. The molecule has 0 heterocycles. The zero-order valence-electron chi connectivity index (χ0n) is 14.5. The molecule has 0 spiro atoms. The van der Waals surface area contributed by atoms with Gasteiger partial charge in [-0.15, -0.1) is 0 Å². The van der Waals surface area contributed by atoms with Gasteiger partial charge in [0.05, 0.1) is 21.6 Å². The molecule has 0 radical (unpaired) electrons. The maximum Gasteiger partial charge on any atom is 0.461 e. The fourth-order valence-electron chi connectivity index (χ4n) is 3.31. The minimum Gasteiger partial charge on any atom is -0.378 e. The van der Waals surface area contributed by atoms with Crippen molar-refractivity contribution >= 4 is 60.7 Å². The molecule has 0 atom stereocenters. The van der Waals surface area contributed by atoms with Crippen LogP contribution in [0.4, 0.5) is 0 Å². The van der Waals surface area contributed by atoms with Gasteiger partial charge in [0, 0.05) is 12.7 Å². The number of thiocarbonyl (C=S) groups is 3. The summed E-state index contributed by atoms with van der Waals surface area (Å²) in [5.74, 6) is 0.655. The van der Waals surface area contributed by atoms with E-state index in [0.717, 1.165) is 19.3 Å². The van der Waals surface area contributed by atoms with Crippen LogP contribution in [-0.2, 0) is 4.74 Å². The molecule has 4 nitrogen and oxygen atoms in total. The van der Waals surface area contributed by atoms with Crippen LogP contribution in [0.2, 0.25) is 6.04 Å². The number of hydrogen-bond acceptors (Lipinski definition) is 7. The lowest BCUT2D eigenvalue weighted by atomic mass is 9.83. The Morgan fingerprint density at radius 1 is 0.923 bits per heavy atom. The van der Waals surface area contributed by atoms with E-state index >= 15 is 0 Å². The molecule has 0 bridgehead atoms. The van der Waals surface area contributed by atoms with E-state index in [0.29, 0.717) is 24.7 Å². The van der Waals surface area contributed by atoms with Gasteiger partial charge in [0.2, 0.25) is 0 Å². The molecule has 0 aliphatic heterocycles. The second kappa shape index (κ2) is 11.5. The van der Waals surface area contributed by atoms with Crippen LogP contribution >= 0.6 is 36.7 Å². The van der Waals surface area contributed by atoms with Crippen molar-refractivity contribution in [2.75, 3.05) is 6.61 Å². The van der Waals surface area contributed by atoms with Crippen molar-refractivity contribution in [2.24, 2.45) is 14.0 Å². The molecular weight excluding hydrogens is 399 g/mol. The third kappa shape index (κ3) is 6.51. The lowest BCUT2D eigenvalue weighted by Gasteiger charge is -2.29. The quantitative estimate of drug-likeness (QED) is 0.234. The Morgan fingerprint density at radius 2 is 1.50 bits per heavy atom. The van der Waals surface area contributed by atoms with Crippen molar-refractivity contribution in [3.05, 3.63) is 35.9 Å². The van der Waals surface area contributed by atoms with Gasteiger partial charge in [0.15, 0.2) is 0 Å². The van der Waals surface area contributed by atoms with Crippen molar-refractivity contribution in [3.8, 4) is 0 Å². The Balaban J connectivity index is 1.77. The van der Waals surface area contributed by atoms with Gasteiger partial charge >= 0.3 is 8.56 Å². The van der Waals surface area contributed by atoms with E-state index in [1.165, 1.54) is 18.4 Å². The predicted molar refractivity (Wildman–Crippen MR) is 118 cm³/mol. The summed E-state index contributed by atoms with van der Waals surface area (Å²) in [5, 5.41) is 7.07. The van der Waals surface area contributed by atoms with Crippen LogP contribution in [0.5, 0.6) is 0 Å². The van der Waals surface area contributed by atoms with Gasteiger partial charge in [-0.3, -0.25) is 0 Å². The van der Waals surface area contributed by atoms with Gasteiger partial charge in [-0.05, 0) is 80.2 Å². The van der Waals surface area contributed by atoms with E-state index in [4.69, 9.17) is 41.4 Å². The van der Waals surface area contributed by atoms with Gasteiger partial charge in [0.25, 0.3) is 0 Å². The summed E-state index contributed by atoms with van der Waals surface area (Å²) in [6, 6.07) is 11.4. The minimum absolute atomic E-state index is 0.322. The zero-order chi connectivity index (χ0) is 18.7. The highest BCUT2D eigenvalue weighted by Crippen LogP contribution is 2.34. The van der Waals surface area contributed by atoms with E-state index in [2.05, 4.69) is 59.8 Å². The Labute approximate surface area is 171 Å². The molecule has 2 rings (SSSR count). The van der Waals surface area contributed by atoms with E-state index in [-0.39, 0.29) is 0 Å². The Bertz CT molecular complexity index is 673. The van der Waals surface area contributed by atoms with Crippen molar-refractivity contribution in [1.82, 2.24) is 0 Å². The van der Waals surface area contributed by atoms with Crippen LogP contribution in [0, 0.1) is 0 Å². The summed E-state index contributed by atoms with van der Waals surface area (Å²) in [6.07, 6.45) is 5.63. The molecular formula is C18H21N3OS3Si. The van der Waals surface area contributed by atoms with Gasteiger partial charge in [-0.1, -0.05) is 30.3 Å². The van der Waals surface area contributed by atoms with Crippen molar-refractivity contribution in [2.45, 2.75) is 50.2 Å². The monoisotopic (exact) mass is 419 g/mol. The highest BCUT2D eigenvalue weighted by Gasteiger charge is 2.34. The first-order valence-electron chi connectivity index (χ1n) is 8.66. The smallest absolute Gasteiger partial charge is 0.378 e. The fraction of sp³-hybridized carbons (Fsp3) is 0.500. The normalized spacial score (nSPS) is 21.4. The first kappa shape index (κ1) is 21.1. The molecule has 0 aromatic heterocycles. The van der Waals surface area contributed by atoms with Crippen LogP contribution in [0.1, 0.15) is 43.6 Å². The number of isothiocyanates is 3. The molecule has 0 N–H and O–H groups in total. The second-order valence-corrected chi connectivity index (χ2v) is 9.51. The minimum atomic E-state index is -2.79. The molecule has 0 amide bonds. The molecule has 1 fully saturated rings. The topological polar surface area (TPSA) is 46.3 Å². The van der Waals surface area contributed by atoms with E-state index in [9.17, 15) is 0 Å². The molecule has 26 heavy (non-hydrogen) atoms. The van der Waals surface area contributed by atoms with E-state index in [1.807, 2.05) is 0 Å². The predicted octanol–water partition coefficient (Wildman–Crippen LogP) is 5.37. The lowest BCUT2D eigenvalue weighted by molar-refractivity contribution is 0.0250. The van der Waals surface area contributed by atoms with Crippen molar-refractivity contribution in [1.29, 1.82) is 0 Å². The number of benzene rings is 1. The summed E-state index contributed by atoms with van der Waals surface area (Å²) in [6.45, 7) is 0.641. The Kier molecular flexibility index (Phi) is 9.33. The van der Waals surface area contributed by atoms with Crippen LogP contribution in [0.25, 0.3) is 0 Å². The highest BCUT2D eigenvalue weighted by molar-refractivity contribution is 7.78. The summed E-state index contributed by atoms with van der Waals surface area (Å²) in [4.78, 5) is 0. The third-order valence-electron chi connectivity index (χ3n) is 4.63. The first-order chi connectivity index (χ1) is 12.7. The van der Waals surface area contributed by atoms with Crippen LogP contribution < -0.4 is 0 Å². The molecule has 0 unspecified atom stereocenters. The molecule has 1 aromatic carbocycles. The summed E-state index contributed by atoms with van der Waals surface area (Å²) >= 11 is 14.1. The van der Waals surface area contributed by atoms with Crippen molar-refractivity contribution < 1.29 is 4.74 Å². The molecule has 136 valence electrons. The van der Waals surface area contributed by atoms with Crippen molar-refractivity contribution in [3.63, 3.8) is 0 Å². The molecule has 1 aliphatic rings. The molecule has 1 aromatic rings. The Morgan fingerprint density at radius 3 is 2.04 bits per heavy atom. The number of nitrogens with zero attached hydrogens (tertiary/aromatic N) is 3. The van der Waals surface area contributed by atoms with Gasteiger partial charge in [-0.2, -0.15) is 0 Å². The molecule has 0 saturated heterocycles. The number of rotatable bonds is 9. The van der Waals surface area contributed by atoms with Crippen LogP contribution in [0.3, 0.4) is 0 Å². The molecule has 1 saturated carbocycles. The molecule has 8 heteroatoms. The van der Waals surface area contributed by atoms with E-state index in [1.54, 1.807) is 0 Å². The number of ether oxygens (including phenoxy) is 1. The third-order valence-corrected chi connectivity index (χ3v) is 7.82. The average Bonchev–Trinajstić information content (AvgIpc) is 2.67. The summed E-state index contributed by atoms with van der Waals surface area (Å²) < 4.78 is 18.4. The lowest BCUT2D eigenvalue weighted by Crippen LogP contribution is -2.28. The van der Waals surface area contributed by atoms with Gasteiger partial charge < -0.3 is 4.74 Å². The number of hydrogen-bond donors (Lipinski definition) is 0. The molecule has 1 aliphatic carbocycles. The van der Waals surface area contributed by atoms with E-state index < -0.39 is 8.56 Å². The van der Waals surface area contributed by atoms with Gasteiger partial charge in [-0.25, -0.2) is 14.0 Å². The SMILES string of the molecule is S=C=N[Si](CCCO[C@H]1CC[C@H](c2ccccc2)CC1)(N=C=S)N=C=S. The maximum absolute atomic E-state index is 6.05. The zero-order valence-corrected chi connectivity index (χ0v) is 17.9. The average molecular weight is 420 g/mol. The van der Waals surface area contributed by atoms with Crippen LogP contribution in [0.15, 0.2) is 44.3 Å². The second-order valence-electron chi connectivity index (χ2n) is 6.24. The van der Waals surface area contributed by atoms with Gasteiger partial charge in [0.1, 0.15) is 0 Å². The largest absolute Gasteiger partial charge is 0.461 e. The first-order valence-corrected chi connectivity index (χ1v) is 11.9. The maximum atomic E-state index is 6.05. The standard InChI is InChI=1S/C18H21N3OS3Si/c23-13-19-26(20-14-24,21-15-25)12-4-11-22-18-9-7-17(8-10-18)16-5-2-1-3-6-16/h1-3,5-6,17-18H,4,7-12H2/t17-,18-. The van der Waals surface area contributed by atoms with Crippen LogP contribution in [-0.4, -0.2) is 36.8 Å². The highest BCUT2D eigenvalue weighted by atomic mass is 32.1. The summed E-state index contributed by atoms with van der Waals surface area (Å²) in [7, 11) is -2.79. The fourth-order valence-corrected chi connectivity index (χ4v) is 6.17.